The Morgan fingerprint density at radius 2 is 1.82 bits per heavy atom. The van der Waals surface area contributed by atoms with Crippen molar-refractivity contribution in [3.05, 3.63) is 71.2 Å². The lowest BCUT2D eigenvalue weighted by Gasteiger charge is -2.45. The Kier molecular flexibility index (Phi) is 4.08. The highest BCUT2D eigenvalue weighted by molar-refractivity contribution is 5.85. The van der Waals surface area contributed by atoms with Crippen LogP contribution in [0.4, 0.5) is 4.79 Å². The van der Waals surface area contributed by atoms with E-state index in [-0.39, 0.29) is 36.2 Å². The summed E-state index contributed by atoms with van der Waals surface area (Å²) >= 11 is 0. The maximum atomic E-state index is 13.4. The monoisotopic (exact) mass is 403 g/mol. The van der Waals surface area contributed by atoms with E-state index in [1.165, 1.54) is 0 Å². The number of piperidine rings is 3. The standard InChI is InChI=1S/C23H26N2O2.ClH/c26-23(27-21-16-24-13-10-18(21)11-14-24)25-15-12-17-6-4-5-9-20(17)22(25)19-7-2-1-3-8-19;/h1-9,18,21-22H,10-16H2;1H/t21-,22?;/m0./s1/i1D,2D,3D,7D,8D;. The van der Waals surface area contributed by atoms with Crippen LogP contribution in [0.3, 0.4) is 0 Å². The van der Waals surface area contributed by atoms with Crippen molar-refractivity contribution >= 4 is 18.5 Å². The van der Waals surface area contributed by atoms with Crippen molar-refractivity contribution in [2.24, 2.45) is 5.92 Å². The van der Waals surface area contributed by atoms with Crippen LogP contribution in [0.5, 0.6) is 0 Å². The van der Waals surface area contributed by atoms with Crippen molar-refractivity contribution < 1.29 is 16.4 Å². The van der Waals surface area contributed by atoms with Gasteiger partial charge in [0.25, 0.3) is 0 Å². The summed E-state index contributed by atoms with van der Waals surface area (Å²) in [6.45, 7) is 3.19. The molecule has 4 aliphatic heterocycles. The van der Waals surface area contributed by atoms with Gasteiger partial charge in [0.15, 0.2) is 0 Å². The van der Waals surface area contributed by atoms with Gasteiger partial charge in [0.2, 0.25) is 0 Å². The van der Waals surface area contributed by atoms with Gasteiger partial charge in [0.05, 0.1) is 12.9 Å². The SMILES string of the molecule is Cl.[2H]c1c([2H])c([2H])c(C2c3ccccc3CCN2C(=O)O[C@H]2CN3CCC2CC3)c([2H])c1[2H]. The normalized spacial score (nSPS) is 30.7. The fraction of sp³-hybridized carbons (Fsp3) is 0.435. The molecule has 3 saturated heterocycles. The van der Waals surface area contributed by atoms with E-state index in [1.54, 1.807) is 4.90 Å². The lowest BCUT2D eigenvalue weighted by atomic mass is 9.86. The van der Waals surface area contributed by atoms with Crippen LogP contribution >= 0.6 is 12.4 Å². The van der Waals surface area contributed by atoms with E-state index in [9.17, 15) is 4.79 Å². The van der Waals surface area contributed by atoms with E-state index >= 15 is 0 Å². The molecule has 0 saturated carbocycles. The molecule has 2 atom stereocenters. The zero-order valence-corrected chi connectivity index (χ0v) is 16.4. The van der Waals surface area contributed by atoms with Gasteiger partial charge in [-0.05, 0) is 55.0 Å². The quantitative estimate of drug-likeness (QED) is 0.750. The number of halogens is 1. The molecular weight excluding hydrogens is 372 g/mol. The van der Waals surface area contributed by atoms with Gasteiger partial charge >= 0.3 is 6.09 Å². The zero-order chi connectivity index (χ0) is 22.6. The van der Waals surface area contributed by atoms with Crippen molar-refractivity contribution in [1.29, 1.82) is 0 Å². The van der Waals surface area contributed by atoms with E-state index in [4.69, 9.17) is 11.6 Å². The molecule has 28 heavy (non-hydrogen) atoms. The highest BCUT2D eigenvalue weighted by atomic mass is 35.5. The summed E-state index contributed by atoms with van der Waals surface area (Å²) in [6.07, 6.45) is 2.03. The molecule has 0 N–H and O–H groups in total. The van der Waals surface area contributed by atoms with Gasteiger partial charge in [-0.3, -0.25) is 9.80 Å². The summed E-state index contributed by atoms with van der Waals surface area (Å²) < 4.78 is 47.2. The molecule has 0 spiro atoms. The summed E-state index contributed by atoms with van der Waals surface area (Å²) in [7, 11) is 0. The molecule has 4 heterocycles. The minimum absolute atomic E-state index is 0. The molecule has 1 amide bonds. The Balaban J connectivity index is 0.00000259. The van der Waals surface area contributed by atoms with Crippen molar-refractivity contribution in [3.8, 4) is 0 Å². The van der Waals surface area contributed by atoms with Gasteiger partial charge in [0, 0.05) is 13.1 Å². The second-order valence-electron chi connectivity index (χ2n) is 7.64. The average molecular weight is 404 g/mol. The molecule has 4 nitrogen and oxygen atoms in total. The highest BCUT2D eigenvalue weighted by Gasteiger charge is 2.39. The number of benzene rings is 2. The largest absolute Gasteiger partial charge is 0.444 e. The summed E-state index contributed by atoms with van der Waals surface area (Å²) in [5, 5.41) is 0. The third-order valence-electron chi connectivity index (χ3n) is 6.16. The smallest absolute Gasteiger partial charge is 0.410 e. The maximum absolute atomic E-state index is 13.4. The minimum atomic E-state index is -0.790. The number of rotatable bonds is 2. The summed E-state index contributed by atoms with van der Waals surface area (Å²) in [5.74, 6) is 0.361. The van der Waals surface area contributed by atoms with Gasteiger partial charge in [-0.1, -0.05) is 54.5 Å². The molecule has 2 aromatic carbocycles. The summed E-state index contributed by atoms with van der Waals surface area (Å²) in [4.78, 5) is 17.3. The van der Waals surface area contributed by atoms with Crippen LogP contribution < -0.4 is 0 Å². The number of carbonyl (C=O) groups is 1. The van der Waals surface area contributed by atoms with Crippen LogP contribution in [0.2, 0.25) is 0 Å². The van der Waals surface area contributed by atoms with Crippen LogP contribution in [0.1, 0.15) is 42.4 Å². The predicted molar refractivity (Wildman–Crippen MR) is 112 cm³/mol. The van der Waals surface area contributed by atoms with Gasteiger partial charge in [0.1, 0.15) is 6.10 Å². The van der Waals surface area contributed by atoms with Crippen molar-refractivity contribution in [1.82, 2.24) is 9.80 Å². The van der Waals surface area contributed by atoms with Crippen LogP contribution in [0.15, 0.2) is 54.5 Å². The zero-order valence-electron chi connectivity index (χ0n) is 20.6. The first-order valence-corrected chi connectivity index (χ1v) is 9.71. The third-order valence-corrected chi connectivity index (χ3v) is 6.16. The molecule has 0 radical (unpaired) electrons. The molecule has 3 fully saturated rings. The Labute approximate surface area is 179 Å². The van der Waals surface area contributed by atoms with Crippen LogP contribution in [0.25, 0.3) is 0 Å². The first kappa shape index (κ1) is 14.0. The number of amides is 1. The van der Waals surface area contributed by atoms with Crippen LogP contribution in [-0.2, 0) is 11.2 Å². The number of carbonyl (C=O) groups excluding carboxylic acids is 1. The van der Waals surface area contributed by atoms with Gasteiger partial charge in [-0.25, -0.2) is 4.79 Å². The molecule has 4 aliphatic rings. The molecule has 0 aromatic heterocycles. The lowest BCUT2D eigenvalue weighted by molar-refractivity contribution is -0.0462. The predicted octanol–water partition coefficient (Wildman–Crippen LogP) is 4.29. The molecule has 0 aliphatic carbocycles. The molecule has 2 bridgehead atoms. The first-order chi connectivity index (χ1) is 15.4. The number of fused-ring (bicyclic) bond motifs is 4. The van der Waals surface area contributed by atoms with Gasteiger partial charge < -0.3 is 4.74 Å². The number of nitrogens with zero attached hydrogens (tertiary/aromatic N) is 2. The van der Waals surface area contributed by atoms with Gasteiger partial charge in [-0.15, -0.1) is 12.4 Å². The highest BCUT2D eigenvalue weighted by Crippen LogP contribution is 2.36. The molecule has 2 aromatic rings. The lowest BCUT2D eigenvalue weighted by Crippen LogP contribution is -2.53. The van der Waals surface area contributed by atoms with Crippen molar-refractivity contribution in [2.75, 3.05) is 26.2 Å². The Morgan fingerprint density at radius 3 is 2.54 bits per heavy atom. The van der Waals surface area contributed by atoms with E-state index in [0.717, 1.165) is 43.6 Å². The molecule has 148 valence electrons. The Hall–Kier alpha value is -2.04. The van der Waals surface area contributed by atoms with E-state index in [2.05, 4.69) is 4.90 Å². The molecule has 1 unspecified atom stereocenters. The Morgan fingerprint density at radius 1 is 1.07 bits per heavy atom. The average Bonchev–Trinajstić information content (AvgIpc) is 2.82. The second kappa shape index (κ2) is 8.14. The van der Waals surface area contributed by atoms with E-state index in [0.29, 0.717) is 18.9 Å². The maximum Gasteiger partial charge on any atom is 0.410 e. The van der Waals surface area contributed by atoms with Crippen LogP contribution in [-0.4, -0.2) is 48.2 Å². The van der Waals surface area contributed by atoms with Crippen molar-refractivity contribution in [2.45, 2.75) is 31.4 Å². The fourth-order valence-corrected chi connectivity index (χ4v) is 4.71. The minimum Gasteiger partial charge on any atom is -0.444 e. The number of hydrogen-bond acceptors (Lipinski definition) is 3. The molecule has 6 rings (SSSR count). The Bertz CT molecular complexity index is 1050. The molecular formula is C23H27ClN2O2. The van der Waals surface area contributed by atoms with Crippen LogP contribution in [0, 0.1) is 5.92 Å². The first-order valence-electron chi connectivity index (χ1n) is 12.2. The van der Waals surface area contributed by atoms with E-state index < -0.39 is 30.3 Å². The second-order valence-corrected chi connectivity index (χ2v) is 7.64. The fourth-order valence-electron chi connectivity index (χ4n) is 4.71. The third kappa shape index (κ3) is 3.51. The number of ether oxygens (including phenoxy) is 1. The summed E-state index contributed by atoms with van der Waals surface area (Å²) in [6, 6.07) is 5.03. The topological polar surface area (TPSA) is 32.8 Å². The summed E-state index contributed by atoms with van der Waals surface area (Å²) in [5.41, 5.74) is 1.91. The number of hydrogen-bond donors (Lipinski definition) is 0. The van der Waals surface area contributed by atoms with E-state index in [1.807, 2.05) is 24.3 Å². The molecule has 5 heteroatoms. The van der Waals surface area contributed by atoms with Crippen molar-refractivity contribution in [3.63, 3.8) is 0 Å². The van der Waals surface area contributed by atoms with Gasteiger partial charge in [-0.2, -0.15) is 0 Å².